The van der Waals surface area contributed by atoms with Gasteiger partial charge in [0.05, 0.1) is 12.2 Å². The highest BCUT2D eigenvalue weighted by Crippen LogP contribution is 2.14. The Morgan fingerprint density at radius 3 is 2.89 bits per heavy atom. The van der Waals surface area contributed by atoms with Gasteiger partial charge in [-0.05, 0) is 18.9 Å². The number of carbonyl (C=O) groups excluding carboxylic acids is 1. The monoisotopic (exact) mass is 261 g/mol. The summed E-state index contributed by atoms with van der Waals surface area (Å²) >= 11 is 0. The zero-order valence-electron chi connectivity index (χ0n) is 11.5. The van der Waals surface area contributed by atoms with E-state index in [-0.39, 0.29) is 5.91 Å². The molecule has 0 unspecified atom stereocenters. The lowest BCUT2D eigenvalue weighted by Crippen LogP contribution is -2.26. The van der Waals surface area contributed by atoms with Gasteiger partial charge in [0.15, 0.2) is 0 Å². The van der Waals surface area contributed by atoms with Gasteiger partial charge in [0.25, 0.3) is 5.91 Å². The lowest BCUT2D eigenvalue weighted by atomic mass is 10.1. The fraction of sp³-hybridized carbons (Fsp3) is 0.462. The molecular formula is C13H19N5O. The highest BCUT2D eigenvalue weighted by molar-refractivity contribution is 5.92. The molecule has 0 radical (unpaired) electrons. The summed E-state index contributed by atoms with van der Waals surface area (Å²) in [6.45, 7) is 7.16. The number of amides is 1. The number of nitrogens with one attached hydrogen (secondary N) is 2. The molecule has 0 spiro atoms. The van der Waals surface area contributed by atoms with Crippen LogP contribution >= 0.6 is 0 Å². The molecule has 2 rings (SSSR count). The molecule has 2 aromatic rings. The van der Waals surface area contributed by atoms with E-state index in [2.05, 4.69) is 34.2 Å². The van der Waals surface area contributed by atoms with Crippen molar-refractivity contribution in [3.63, 3.8) is 0 Å². The van der Waals surface area contributed by atoms with E-state index in [1.165, 1.54) is 0 Å². The van der Waals surface area contributed by atoms with Crippen LogP contribution in [0.15, 0.2) is 18.5 Å². The number of aromatic nitrogens is 4. The number of hydrogen-bond acceptors (Lipinski definition) is 3. The maximum Gasteiger partial charge on any atom is 0.269 e. The molecule has 0 fully saturated rings. The maximum absolute atomic E-state index is 12.1. The smallest absolute Gasteiger partial charge is 0.269 e. The first-order chi connectivity index (χ1) is 9.11. The van der Waals surface area contributed by atoms with Crippen LogP contribution in [0, 0.1) is 0 Å². The third-order valence-electron chi connectivity index (χ3n) is 2.89. The number of nitrogens with zero attached hydrogens (tertiary/aromatic N) is 3. The van der Waals surface area contributed by atoms with Crippen molar-refractivity contribution in [1.82, 2.24) is 25.1 Å². The number of hydrogen-bond donors (Lipinski definition) is 2. The number of carbonyl (C=O) groups is 1. The van der Waals surface area contributed by atoms with Crippen LogP contribution in [-0.2, 0) is 13.1 Å². The van der Waals surface area contributed by atoms with E-state index in [1.807, 2.05) is 13.0 Å². The highest BCUT2D eigenvalue weighted by Gasteiger charge is 2.15. The predicted molar refractivity (Wildman–Crippen MR) is 71.7 cm³/mol. The van der Waals surface area contributed by atoms with Crippen molar-refractivity contribution in [1.29, 1.82) is 0 Å². The van der Waals surface area contributed by atoms with Gasteiger partial charge < -0.3 is 10.3 Å². The second kappa shape index (κ2) is 5.69. The third-order valence-corrected chi connectivity index (χ3v) is 2.89. The van der Waals surface area contributed by atoms with E-state index in [1.54, 1.807) is 17.1 Å². The van der Waals surface area contributed by atoms with Crippen molar-refractivity contribution >= 4 is 5.91 Å². The maximum atomic E-state index is 12.1. The lowest BCUT2D eigenvalue weighted by molar-refractivity contribution is 0.0939. The van der Waals surface area contributed by atoms with Gasteiger partial charge in [0, 0.05) is 18.9 Å². The zero-order chi connectivity index (χ0) is 13.8. The Morgan fingerprint density at radius 2 is 2.32 bits per heavy atom. The Hall–Kier alpha value is -2.11. The Kier molecular flexibility index (Phi) is 3.99. The third kappa shape index (κ3) is 3.01. The first kappa shape index (κ1) is 13.3. The van der Waals surface area contributed by atoms with E-state index >= 15 is 0 Å². The van der Waals surface area contributed by atoms with Crippen LogP contribution in [-0.4, -0.2) is 25.7 Å². The minimum atomic E-state index is -0.127. The van der Waals surface area contributed by atoms with E-state index in [0.29, 0.717) is 24.7 Å². The van der Waals surface area contributed by atoms with E-state index in [0.717, 1.165) is 11.5 Å². The molecule has 2 N–H and O–H groups in total. The molecule has 6 heteroatoms. The molecule has 0 aliphatic carbocycles. The molecule has 0 aromatic carbocycles. The standard InChI is InChI=1S/C13H19N5O/c1-4-18-11(7-10(17-18)9(2)3)13(19)16-8-12-14-5-6-15-12/h5-7,9H,4,8H2,1-3H3,(H,14,15)(H,16,19). The largest absolute Gasteiger partial charge is 0.347 e. The van der Waals surface area contributed by atoms with Gasteiger partial charge in [-0.25, -0.2) is 4.98 Å². The number of imidazole rings is 1. The van der Waals surface area contributed by atoms with E-state index < -0.39 is 0 Å². The number of rotatable bonds is 5. The molecule has 0 saturated carbocycles. The van der Waals surface area contributed by atoms with E-state index in [9.17, 15) is 4.79 Å². The summed E-state index contributed by atoms with van der Waals surface area (Å²) in [5.74, 6) is 0.919. The molecule has 1 amide bonds. The Balaban J connectivity index is 2.09. The molecule has 0 bridgehead atoms. The fourth-order valence-corrected chi connectivity index (χ4v) is 1.79. The van der Waals surface area contributed by atoms with Crippen molar-refractivity contribution < 1.29 is 4.79 Å². The first-order valence-corrected chi connectivity index (χ1v) is 6.46. The molecule has 0 atom stereocenters. The molecule has 102 valence electrons. The summed E-state index contributed by atoms with van der Waals surface area (Å²) in [6.07, 6.45) is 3.39. The molecule has 6 nitrogen and oxygen atoms in total. The van der Waals surface area contributed by atoms with Gasteiger partial charge in [-0.1, -0.05) is 13.8 Å². The summed E-state index contributed by atoms with van der Waals surface area (Å²) in [6, 6.07) is 1.85. The number of aryl methyl sites for hydroxylation is 1. The second-order valence-electron chi connectivity index (χ2n) is 4.64. The van der Waals surface area contributed by atoms with Crippen LogP contribution in [0.1, 0.15) is 48.7 Å². The van der Waals surface area contributed by atoms with Crippen LogP contribution in [0.2, 0.25) is 0 Å². The Labute approximate surface area is 112 Å². The van der Waals surface area contributed by atoms with Crippen LogP contribution in [0.5, 0.6) is 0 Å². The van der Waals surface area contributed by atoms with Gasteiger partial charge >= 0.3 is 0 Å². The van der Waals surface area contributed by atoms with Gasteiger partial charge in [0.2, 0.25) is 0 Å². The summed E-state index contributed by atoms with van der Waals surface area (Å²) in [5, 5.41) is 7.26. The second-order valence-corrected chi connectivity index (χ2v) is 4.64. The quantitative estimate of drug-likeness (QED) is 0.859. The SMILES string of the molecule is CCn1nc(C(C)C)cc1C(=O)NCc1ncc[nH]1. The molecule has 0 aliphatic heterocycles. The van der Waals surface area contributed by atoms with Crippen LogP contribution < -0.4 is 5.32 Å². The van der Waals surface area contributed by atoms with Crippen molar-refractivity contribution in [3.05, 3.63) is 35.7 Å². The topological polar surface area (TPSA) is 75.6 Å². The average Bonchev–Trinajstić information content (AvgIpc) is 3.04. The van der Waals surface area contributed by atoms with Gasteiger partial charge in [-0.2, -0.15) is 5.10 Å². The molecular weight excluding hydrogens is 242 g/mol. The van der Waals surface area contributed by atoms with Crippen LogP contribution in [0.3, 0.4) is 0 Å². The van der Waals surface area contributed by atoms with Crippen molar-refractivity contribution in [2.75, 3.05) is 0 Å². The van der Waals surface area contributed by atoms with Crippen molar-refractivity contribution in [2.24, 2.45) is 0 Å². The van der Waals surface area contributed by atoms with Crippen LogP contribution in [0.4, 0.5) is 0 Å². The average molecular weight is 261 g/mol. The summed E-state index contributed by atoms with van der Waals surface area (Å²) in [7, 11) is 0. The predicted octanol–water partition coefficient (Wildman–Crippen LogP) is 1.68. The zero-order valence-corrected chi connectivity index (χ0v) is 11.5. The lowest BCUT2D eigenvalue weighted by Gasteiger charge is -2.04. The summed E-state index contributed by atoms with van der Waals surface area (Å²) in [4.78, 5) is 19.2. The van der Waals surface area contributed by atoms with Gasteiger partial charge in [-0.3, -0.25) is 9.48 Å². The minimum Gasteiger partial charge on any atom is -0.347 e. The van der Waals surface area contributed by atoms with Crippen molar-refractivity contribution in [3.8, 4) is 0 Å². The molecule has 19 heavy (non-hydrogen) atoms. The van der Waals surface area contributed by atoms with Crippen molar-refractivity contribution in [2.45, 2.75) is 39.8 Å². The first-order valence-electron chi connectivity index (χ1n) is 6.46. The Bertz CT molecular complexity index is 541. The van der Waals surface area contributed by atoms with Gasteiger partial charge in [0.1, 0.15) is 11.5 Å². The fourth-order valence-electron chi connectivity index (χ4n) is 1.79. The molecule has 0 saturated heterocycles. The molecule has 2 heterocycles. The normalized spacial score (nSPS) is 10.9. The van der Waals surface area contributed by atoms with Gasteiger partial charge in [-0.15, -0.1) is 0 Å². The van der Waals surface area contributed by atoms with E-state index in [4.69, 9.17) is 0 Å². The molecule has 0 aliphatic rings. The van der Waals surface area contributed by atoms with Crippen LogP contribution in [0.25, 0.3) is 0 Å². The summed E-state index contributed by atoms with van der Waals surface area (Å²) in [5.41, 5.74) is 1.53. The Morgan fingerprint density at radius 1 is 1.53 bits per heavy atom. The number of aromatic amines is 1. The minimum absolute atomic E-state index is 0.127. The molecule has 2 aromatic heterocycles. The summed E-state index contributed by atoms with van der Waals surface area (Å²) < 4.78 is 1.73. The number of H-pyrrole nitrogens is 1. The highest BCUT2D eigenvalue weighted by atomic mass is 16.2.